The van der Waals surface area contributed by atoms with Crippen LogP contribution in [0.25, 0.3) is 0 Å². The van der Waals surface area contributed by atoms with Gasteiger partial charge in [-0.3, -0.25) is 20.2 Å². The van der Waals surface area contributed by atoms with E-state index in [4.69, 9.17) is 53.1 Å². The van der Waals surface area contributed by atoms with E-state index in [1.807, 2.05) is 12.1 Å². The lowest BCUT2D eigenvalue weighted by Gasteiger charge is -2.09. The Bertz CT molecular complexity index is 1160. The minimum absolute atomic E-state index is 0.184. The van der Waals surface area contributed by atoms with E-state index in [9.17, 15) is 20.2 Å². The molecule has 0 radical (unpaired) electrons. The molecular formula is C32H50N4O14. The standard InChI is InChI=1S/C32H50N4O14/c33-28-1-4-30(5-2-28)50-26-25-49-24-23-48-22-21-47-20-19-46-18-17-45-16-15-44-14-13-43-12-11-42-10-9-41-8-7-34-31-6-3-29(35(37)38)27-32(31)36(39)40/h1-6,27,34H,7-26,33H2. The number of hydrogen-bond donors (Lipinski definition) is 2. The van der Waals surface area contributed by atoms with E-state index < -0.39 is 9.85 Å². The third-order valence-electron chi connectivity index (χ3n) is 6.30. The Morgan fingerprint density at radius 2 is 0.880 bits per heavy atom. The summed E-state index contributed by atoms with van der Waals surface area (Å²) < 4.78 is 54.6. The van der Waals surface area contributed by atoms with Crippen LogP contribution in [-0.4, -0.2) is 142 Å². The highest BCUT2D eigenvalue weighted by Gasteiger charge is 2.19. The summed E-state index contributed by atoms with van der Waals surface area (Å²) in [6.45, 7) is 8.63. The normalized spacial score (nSPS) is 11.1. The number of ether oxygens (including phenoxy) is 10. The van der Waals surface area contributed by atoms with Crippen molar-refractivity contribution in [3.05, 3.63) is 62.7 Å². The fourth-order valence-corrected chi connectivity index (χ4v) is 3.84. The van der Waals surface area contributed by atoms with E-state index >= 15 is 0 Å². The molecule has 0 aliphatic heterocycles. The molecule has 0 amide bonds. The zero-order valence-corrected chi connectivity index (χ0v) is 28.4. The number of nitrogens with one attached hydrogen (secondary N) is 1. The Kier molecular flexibility index (Phi) is 24.7. The molecule has 0 aliphatic rings. The zero-order chi connectivity index (χ0) is 35.9. The Balaban J connectivity index is 1.21. The summed E-state index contributed by atoms with van der Waals surface area (Å²) in [6.07, 6.45) is 0. The number of non-ortho nitro benzene ring substituents is 1. The molecule has 0 bridgehead atoms. The fraction of sp³-hybridized carbons (Fsp3) is 0.625. The summed E-state index contributed by atoms with van der Waals surface area (Å²) in [5, 5.41) is 24.8. The van der Waals surface area contributed by atoms with Gasteiger partial charge in [-0.15, -0.1) is 0 Å². The Morgan fingerprint density at radius 1 is 0.500 bits per heavy atom. The van der Waals surface area contributed by atoms with Crippen molar-refractivity contribution < 1.29 is 57.2 Å². The third-order valence-corrected chi connectivity index (χ3v) is 6.30. The van der Waals surface area contributed by atoms with Crippen molar-refractivity contribution in [3.63, 3.8) is 0 Å². The number of anilines is 2. The number of nitrogens with two attached hydrogens (primary N) is 1. The summed E-state index contributed by atoms with van der Waals surface area (Å²) in [6, 6.07) is 10.6. The van der Waals surface area contributed by atoms with Gasteiger partial charge in [0.2, 0.25) is 0 Å². The molecule has 0 saturated carbocycles. The first kappa shape index (κ1) is 42.4. The predicted molar refractivity (Wildman–Crippen MR) is 182 cm³/mol. The second kappa shape index (κ2) is 29.1. The smallest absolute Gasteiger partial charge is 0.299 e. The molecule has 0 fully saturated rings. The first-order chi connectivity index (χ1) is 24.5. The van der Waals surface area contributed by atoms with Gasteiger partial charge in [-0.05, 0) is 30.3 Å². The number of nitrogens with zero attached hydrogens (tertiary/aromatic N) is 2. The molecule has 3 N–H and O–H groups in total. The van der Waals surface area contributed by atoms with Crippen LogP contribution in [0.15, 0.2) is 42.5 Å². The van der Waals surface area contributed by atoms with Crippen molar-refractivity contribution in [2.75, 3.05) is 143 Å². The molecule has 18 nitrogen and oxygen atoms in total. The van der Waals surface area contributed by atoms with Gasteiger partial charge in [0.15, 0.2) is 0 Å². The summed E-state index contributed by atoms with van der Waals surface area (Å²) in [5.41, 5.74) is 5.80. The minimum Gasteiger partial charge on any atom is -0.491 e. The highest BCUT2D eigenvalue weighted by Crippen LogP contribution is 2.28. The van der Waals surface area contributed by atoms with E-state index in [-0.39, 0.29) is 30.2 Å². The monoisotopic (exact) mass is 714 g/mol. The maximum Gasteiger partial charge on any atom is 0.299 e. The highest BCUT2D eigenvalue weighted by molar-refractivity contribution is 5.65. The topological polar surface area (TPSA) is 217 Å². The van der Waals surface area contributed by atoms with Crippen molar-refractivity contribution in [1.82, 2.24) is 0 Å². The highest BCUT2D eigenvalue weighted by atomic mass is 16.6. The molecule has 2 rings (SSSR count). The largest absolute Gasteiger partial charge is 0.491 e. The van der Waals surface area contributed by atoms with Gasteiger partial charge in [-0.1, -0.05) is 0 Å². The van der Waals surface area contributed by atoms with Crippen LogP contribution in [-0.2, 0) is 42.6 Å². The third kappa shape index (κ3) is 22.1. The molecule has 50 heavy (non-hydrogen) atoms. The van der Waals surface area contributed by atoms with Crippen LogP contribution in [0.4, 0.5) is 22.7 Å². The zero-order valence-electron chi connectivity index (χ0n) is 28.4. The lowest BCUT2D eigenvalue weighted by molar-refractivity contribution is -0.393. The first-order valence-electron chi connectivity index (χ1n) is 16.3. The van der Waals surface area contributed by atoms with Crippen LogP contribution >= 0.6 is 0 Å². The molecule has 2 aromatic carbocycles. The molecular weight excluding hydrogens is 664 g/mol. The van der Waals surface area contributed by atoms with Crippen molar-refractivity contribution in [2.45, 2.75) is 0 Å². The van der Waals surface area contributed by atoms with Crippen molar-refractivity contribution in [2.24, 2.45) is 0 Å². The van der Waals surface area contributed by atoms with E-state index in [1.165, 1.54) is 12.1 Å². The number of hydrogen-bond acceptors (Lipinski definition) is 16. The van der Waals surface area contributed by atoms with Crippen molar-refractivity contribution in [1.29, 1.82) is 0 Å². The van der Waals surface area contributed by atoms with Crippen LogP contribution in [0.1, 0.15) is 0 Å². The summed E-state index contributed by atoms with van der Waals surface area (Å²) in [4.78, 5) is 20.6. The lowest BCUT2D eigenvalue weighted by atomic mass is 10.2. The van der Waals surface area contributed by atoms with E-state index in [0.29, 0.717) is 125 Å². The number of nitro benzene ring substituents is 2. The van der Waals surface area contributed by atoms with Gasteiger partial charge in [0, 0.05) is 18.3 Å². The number of benzene rings is 2. The van der Waals surface area contributed by atoms with Gasteiger partial charge in [-0.2, -0.15) is 0 Å². The average Bonchev–Trinajstić information content (AvgIpc) is 3.11. The van der Waals surface area contributed by atoms with Crippen LogP contribution in [0.3, 0.4) is 0 Å². The van der Waals surface area contributed by atoms with Gasteiger partial charge in [0.05, 0.1) is 135 Å². The molecule has 18 heteroatoms. The Labute approximate surface area is 291 Å². The number of nitrogen functional groups attached to an aromatic ring is 1. The molecule has 0 saturated heterocycles. The molecule has 2 aromatic rings. The summed E-state index contributed by atoms with van der Waals surface area (Å²) in [5.74, 6) is 0.758. The molecule has 0 spiro atoms. The van der Waals surface area contributed by atoms with Crippen LogP contribution in [0, 0.1) is 20.2 Å². The fourth-order valence-electron chi connectivity index (χ4n) is 3.84. The second-order valence-corrected chi connectivity index (χ2v) is 10.1. The lowest BCUT2D eigenvalue weighted by Crippen LogP contribution is -2.16. The molecule has 282 valence electrons. The van der Waals surface area contributed by atoms with Crippen molar-refractivity contribution >= 4 is 22.7 Å². The van der Waals surface area contributed by atoms with E-state index in [2.05, 4.69) is 5.32 Å². The first-order valence-corrected chi connectivity index (χ1v) is 16.3. The predicted octanol–water partition coefficient (Wildman–Crippen LogP) is 2.73. The molecule has 0 heterocycles. The van der Waals surface area contributed by atoms with Crippen LogP contribution in [0.2, 0.25) is 0 Å². The van der Waals surface area contributed by atoms with Crippen LogP contribution < -0.4 is 15.8 Å². The Morgan fingerprint density at radius 3 is 1.26 bits per heavy atom. The molecule has 0 unspecified atom stereocenters. The quantitative estimate of drug-likeness (QED) is 0.0461. The van der Waals surface area contributed by atoms with Gasteiger partial charge in [0.1, 0.15) is 18.0 Å². The molecule has 0 aliphatic carbocycles. The summed E-state index contributed by atoms with van der Waals surface area (Å²) >= 11 is 0. The van der Waals surface area contributed by atoms with E-state index in [1.54, 1.807) is 12.1 Å². The average molecular weight is 715 g/mol. The van der Waals surface area contributed by atoms with Gasteiger partial charge < -0.3 is 58.4 Å². The maximum absolute atomic E-state index is 11.1. The molecule has 0 atom stereocenters. The second-order valence-electron chi connectivity index (χ2n) is 10.1. The maximum atomic E-state index is 11.1. The summed E-state index contributed by atoms with van der Waals surface area (Å²) in [7, 11) is 0. The van der Waals surface area contributed by atoms with Crippen LogP contribution in [0.5, 0.6) is 5.75 Å². The SMILES string of the molecule is Nc1ccc(OCCOCCOCCOCCOCCOCCOCCOCCOCCOCCNc2ccc([N+](=O)[O-])cc2[N+](=O)[O-])cc1. The number of nitro groups is 2. The number of rotatable bonds is 34. The van der Waals surface area contributed by atoms with Gasteiger partial charge >= 0.3 is 0 Å². The molecule has 0 aromatic heterocycles. The van der Waals surface area contributed by atoms with E-state index in [0.717, 1.165) is 11.8 Å². The van der Waals surface area contributed by atoms with Gasteiger partial charge in [0.25, 0.3) is 11.4 Å². The minimum atomic E-state index is -0.682. The van der Waals surface area contributed by atoms with Gasteiger partial charge in [-0.25, -0.2) is 0 Å². The van der Waals surface area contributed by atoms with Crippen molar-refractivity contribution in [3.8, 4) is 5.75 Å². The Hall–Kier alpha value is -3.72.